The van der Waals surface area contributed by atoms with Gasteiger partial charge < -0.3 is 4.42 Å². The first-order chi connectivity index (χ1) is 31.2. The molecule has 13 rings (SSSR count). The molecule has 12 aromatic rings. The molecule has 2 heteroatoms. The standard InChI is InChI=1S/C61H38OS/c1-5-19-55-49(11-1)50-12-2-6-20-56(50)61(55,45-35-31-41(32-36-45)39-23-27-43(28-24-39)47-15-9-17-53-51-13-3-7-21-57(51)62-59(47)53)46-37-33-42(34-38-46)40-25-29-44(30-26-40)48-16-10-18-54-52-14-4-8-22-58(52)63-60(48)54/h1-38H. The SMILES string of the molecule is c1ccc2c(c1)-c1ccccc1C2(c1ccc(-c2ccc(-c3cccc4c3oc3ccccc34)cc2)cc1)c1ccc(-c2ccc(-c3cccc4c3sc3ccccc34)cc2)cc1. The van der Waals surface area contributed by atoms with E-state index in [4.69, 9.17) is 4.42 Å². The number of hydrogen-bond donors (Lipinski definition) is 0. The largest absolute Gasteiger partial charge is 0.455 e. The number of thiophene rings is 1. The molecule has 0 N–H and O–H groups in total. The summed E-state index contributed by atoms with van der Waals surface area (Å²) in [5, 5.41) is 4.95. The Hall–Kier alpha value is -7.78. The Balaban J connectivity index is 0.860. The van der Waals surface area contributed by atoms with Crippen molar-refractivity contribution in [1.29, 1.82) is 0 Å². The summed E-state index contributed by atoms with van der Waals surface area (Å²) in [6, 6.07) is 84.7. The van der Waals surface area contributed by atoms with Gasteiger partial charge in [0.05, 0.1) is 5.41 Å². The van der Waals surface area contributed by atoms with Crippen molar-refractivity contribution in [3.63, 3.8) is 0 Å². The molecule has 1 nitrogen and oxygen atoms in total. The van der Waals surface area contributed by atoms with E-state index < -0.39 is 5.41 Å². The van der Waals surface area contributed by atoms with Gasteiger partial charge >= 0.3 is 0 Å². The lowest BCUT2D eigenvalue weighted by molar-refractivity contribution is 0.670. The Kier molecular flexibility index (Phi) is 8.06. The van der Waals surface area contributed by atoms with Crippen molar-refractivity contribution >= 4 is 53.4 Å². The minimum Gasteiger partial charge on any atom is -0.455 e. The quantitative estimate of drug-likeness (QED) is 0.163. The highest BCUT2D eigenvalue weighted by molar-refractivity contribution is 7.26. The Labute approximate surface area is 369 Å². The van der Waals surface area contributed by atoms with Crippen LogP contribution in [-0.2, 0) is 5.41 Å². The lowest BCUT2D eigenvalue weighted by Gasteiger charge is -2.34. The van der Waals surface area contributed by atoms with Gasteiger partial charge in [-0.3, -0.25) is 0 Å². The maximum absolute atomic E-state index is 6.38. The first kappa shape index (κ1) is 35.9. The smallest absolute Gasteiger partial charge is 0.143 e. The van der Waals surface area contributed by atoms with Crippen molar-refractivity contribution in [2.24, 2.45) is 0 Å². The summed E-state index contributed by atoms with van der Waals surface area (Å²) in [6.07, 6.45) is 0. The Morgan fingerprint density at radius 2 is 0.730 bits per heavy atom. The highest BCUT2D eigenvalue weighted by Crippen LogP contribution is 2.56. The summed E-state index contributed by atoms with van der Waals surface area (Å²) in [6.45, 7) is 0. The Morgan fingerprint density at radius 3 is 1.35 bits per heavy atom. The van der Waals surface area contributed by atoms with Crippen LogP contribution in [0.2, 0.25) is 0 Å². The van der Waals surface area contributed by atoms with Gasteiger partial charge in [0.1, 0.15) is 11.2 Å². The molecule has 0 atom stereocenters. The van der Waals surface area contributed by atoms with Gasteiger partial charge in [0.2, 0.25) is 0 Å². The molecule has 0 spiro atoms. The van der Waals surface area contributed by atoms with Gasteiger partial charge in [-0.15, -0.1) is 11.3 Å². The minimum absolute atomic E-state index is 0.480. The van der Waals surface area contributed by atoms with E-state index in [2.05, 4.69) is 218 Å². The second kappa shape index (κ2) is 14.1. The monoisotopic (exact) mass is 818 g/mol. The molecule has 0 amide bonds. The summed E-state index contributed by atoms with van der Waals surface area (Å²) in [5.74, 6) is 0. The lowest BCUT2D eigenvalue weighted by Crippen LogP contribution is -2.28. The van der Waals surface area contributed by atoms with E-state index in [1.165, 1.54) is 86.9 Å². The van der Waals surface area contributed by atoms with E-state index >= 15 is 0 Å². The molecule has 0 bridgehead atoms. The molecule has 63 heavy (non-hydrogen) atoms. The summed E-state index contributed by atoms with van der Waals surface area (Å²) in [5.41, 5.74) is 18.6. The van der Waals surface area contributed by atoms with Crippen molar-refractivity contribution < 1.29 is 4.42 Å². The molecule has 2 aromatic heterocycles. The molecule has 10 aromatic carbocycles. The van der Waals surface area contributed by atoms with Crippen LogP contribution < -0.4 is 0 Å². The predicted molar refractivity (Wildman–Crippen MR) is 266 cm³/mol. The third kappa shape index (κ3) is 5.48. The van der Waals surface area contributed by atoms with Crippen molar-refractivity contribution in [1.82, 2.24) is 0 Å². The topological polar surface area (TPSA) is 13.1 Å². The molecule has 1 aliphatic carbocycles. The van der Waals surface area contributed by atoms with E-state index in [1.54, 1.807) is 0 Å². The third-order valence-electron chi connectivity index (χ3n) is 13.5. The molecule has 0 radical (unpaired) electrons. The highest BCUT2D eigenvalue weighted by atomic mass is 32.1. The number of hydrogen-bond acceptors (Lipinski definition) is 2. The first-order valence-electron chi connectivity index (χ1n) is 21.6. The fraction of sp³-hybridized carbons (Fsp3) is 0.0164. The first-order valence-corrected chi connectivity index (χ1v) is 22.5. The average Bonchev–Trinajstić information content (AvgIpc) is 4.03. The Morgan fingerprint density at radius 1 is 0.302 bits per heavy atom. The van der Waals surface area contributed by atoms with Gasteiger partial charge in [0.15, 0.2) is 0 Å². The molecular weight excluding hydrogens is 781 g/mol. The van der Waals surface area contributed by atoms with Crippen LogP contribution in [0.1, 0.15) is 22.3 Å². The summed E-state index contributed by atoms with van der Waals surface area (Å²) in [7, 11) is 0. The van der Waals surface area contributed by atoms with Crippen LogP contribution >= 0.6 is 11.3 Å². The van der Waals surface area contributed by atoms with Gasteiger partial charge in [0, 0.05) is 36.5 Å². The van der Waals surface area contributed by atoms with Crippen LogP contribution in [0.25, 0.3) is 97.7 Å². The zero-order chi connectivity index (χ0) is 41.5. The Bertz CT molecular complexity index is 3450. The van der Waals surface area contributed by atoms with Crippen molar-refractivity contribution in [2.75, 3.05) is 0 Å². The van der Waals surface area contributed by atoms with Crippen LogP contribution in [-0.4, -0.2) is 0 Å². The van der Waals surface area contributed by atoms with Gasteiger partial charge in [-0.25, -0.2) is 0 Å². The van der Waals surface area contributed by atoms with Crippen LogP contribution in [0, 0.1) is 0 Å². The van der Waals surface area contributed by atoms with Crippen LogP contribution in [0.15, 0.2) is 235 Å². The second-order valence-corrected chi connectivity index (χ2v) is 17.8. The zero-order valence-corrected chi connectivity index (χ0v) is 35.1. The highest BCUT2D eigenvalue weighted by Gasteiger charge is 2.45. The maximum atomic E-state index is 6.38. The molecule has 0 saturated carbocycles. The van der Waals surface area contributed by atoms with E-state index in [0.717, 1.165) is 33.1 Å². The van der Waals surface area contributed by atoms with Gasteiger partial charge in [-0.05, 0) is 84.5 Å². The second-order valence-electron chi connectivity index (χ2n) is 16.7. The molecule has 0 aliphatic heterocycles. The minimum atomic E-state index is -0.480. The average molecular weight is 819 g/mol. The van der Waals surface area contributed by atoms with Gasteiger partial charge in [-0.1, -0.05) is 218 Å². The van der Waals surface area contributed by atoms with Crippen molar-refractivity contribution in [2.45, 2.75) is 5.41 Å². The van der Waals surface area contributed by atoms with E-state index in [0.29, 0.717) is 0 Å². The molecule has 0 unspecified atom stereocenters. The third-order valence-corrected chi connectivity index (χ3v) is 14.7. The van der Waals surface area contributed by atoms with Crippen molar-refractivity contribution in [3.8, 4) is 55.6 Å². The van der Waals surface area contributed by atoms with Crippen LogP contribution in [0.3, 0.4) is 0 Å². The molecule has 0 fully saturated rings. The zero-order valence-electron chi connectivity index (χ0n) is 34.3. The van der Waals surface area contributed by atoms with E-state index in [-0.39, 0.29) is 0 Å². The van der Waals surface area contributed by atoms with Gasteiger partial charge in [0.25, 0.3) is 0 Å². The number of para-hydroxylation sites is 2. The van der Waals surface area contributed by atoms with E-state index in [1.807, 2.05) is 23.5 Å². The fourth-order valence-corrected chi connectivity index (χ4v) is 11.7. The number of furan rings is 1. The number of fused-ring (bicyclic) bond motifs is 9. The van der Waals surface area contributed by atoms with E-state index in [9.17, 15) is 0 Å². The molecule has 294 valence electrons. The van der Waals surface area contributed by atoms with Crippen LogP contribution in [0.4, 0.5) is 0 Å². The van der Waals surface area contributed by atoms with Gasteiger partial charge in [-0.2, -0.15) is 0 Å². The lowest BCUT2D eigenvalue weighted by atomic mass is 9.67. The molecular formula is C61H38OS. The maximum Gasteiger partial charge on any atom is 0.143 e. The summed E-state index contributed by atoms with van der Waals surface area (Å²) < 4.78 is 9.05. The van der Waals surface area contributed by atoms with Crippen LogP contribution in [0.5, 0.6) is 0 Å². The molecule has 0 saturated heterocycles. The molecule has 2 heterocycles. The normalized spacial score (nSPS) is 12.9. The fourth-order valence-electron chi connectivity index (χ4n) is 10.5. The summed E-state index contributed by atoms with van der Waals surface area (Å²) in [4.78, 5) is 0. The summed E-state index contributed by atoms with van der Waals surface area (Å²) >= 11 is 1.88. The van der Waals surface area contributed by atoms with Crippen molar-refractivity contribution in [3.05, 3.63) is 253 Å². The molecule has 1 aliphatic rings. The number of benzene rings is 10. The predicted octanol–water partition coefficient (Wildman–Crippen LogP) is 17.0. The number of rotatable bonds is 6.